The third-order valence-corrected chi connectivity index (χ3v) is 2.21. The number of nitrogens with zero attached hydrogens (tertiary/aromatic N) is 2. The normalized spacial score (nSPS) is 10.9. The predicted octanol–water partition coefficient (Wildman–Crippen LogP) is 2.67. The van der Waals surface area contributed by atoms with Crippen molar-refractivity contribution in [1.29, 1.82) is 0 Å². The quantitative estimate of drug-likeness (QED) is 0.829. The van der Waals surface area contributed by atoms with Crippen LogP contribution in [-0.2, 0) is 6.42 Å². The maximum atomic E-state index is 4.36. The standard InChI is InChI=1S/C12H15N3/c1-9(2)7-11-8-14-12(15-11)10-3-5-13-6-4-10/h3-6,8-9H,7H2,1-2H3,(H,14,15). The van der Waals surface area contributed by atoms with E-state index in [2.05, 4.69) is 28.8 Å². The van der Waals surface area contributed by atoms with Crippen LogP contribution in [0, 0.1) is 5.92 Å². The van der Waals surface area contributed by atoms with Crippen LogP contribution in [0.1, 0.15) is 19.5 Å². The summed E-state index contributed by atoms with van der Waals surface area (Å²) < 4.78 is 0. The molecule has 1 N–H and O–H groups in total. The molecule has 0 radical (unpaired) electrons. The van der Waals surface area contributed by atoms with Crippen molar-refractivity contribution in [2.45, 2.75) is 20.3 Å². The second kappa shape index (κ2) is 4.26. The van der Waals surface area contributed by atoms with Gasteiger partial charge in [-0.2, -0.15) is 0 Å². The number of pyridine rings is 1. The molecule has 0 atom stereocenters. The minimum absolute atomic E-state index is 0.649. The molecule has 0 saturated carbocycles. The summed E-state index contributed by atoms with van der Waals surface area (Å²) in [6.45, 7) is 4.40. The van der Waals surface area contributed by atoms with E-state index in [1.165, 1.54) is 5.69 Å². The number of H-pyrrole nitrogens is 1. The molecule has 3 heteroatoms. The number of rotatable bonds is 3. The topological polar surface area (TPSA) is 41.6 Å². The number of aromatic nitrogens is 3. The van der Waals surface area contributed by atoms with Gasteiger partial charge in [0.15, 0.2) is 0 Å². The average molecular weight is 201 g/mol. The van der Waals surface area contributed by atoms with Gasteiger partial charge >= 0.3 is 0 Å². The van der Waals surface area contributed by atoms with Gasteiger partial charge in [-0.3, -0.25) is 4.98 Å². The zero-order chi connectivity index (χ0) is 10.7. The van der Waals surface area contributed by atoms with Gasteiger partial charge in [-0.05, 0) is 24.5 Å². The first-order valence-corrected chi connectivity index (χ1v) is 5.20. The molecule has 0 aliphatic rings. The van der Waals surface area contributed by atoms with Gasteiger partial charge in [0.05, 0.1) is 0 Å². The lowest BCUT2D eigenvalue weighted by molar-refractivity contribution is 0.638. The van der Waals surface area contributed by atoms with E-state index in [0.29, 0.717) is 5.92 Å². The summed E-state index contributed by atoms with van der Waals surface area (Å²) >= 11 is 0. The summed E-state index contributed by atoms with van der Waals surface area (Å²) in [7, 11) is 0. The smallest absolute Gasteiger partial charge is 0.137 e. The predicted molar refractivity (Wildman–Crippen MR) is 60.4 cm³/mol. The van der Waals surface area contributed by atoms with Crippen LogP contribution in [0.4, 0.5) is 0 Å². The van der Waals surface area contributed by atoms with Gasteiger partial charge in [0.1, 0.15) is 5.82 Å². The van der Waals surface area contributed by atoms with Gasteiger partial charge in [0.25, 0.3) is 0 Å². The summed E-state index contributed by atoms with van der Waals surface area (Å²) in [6, 6.07) is 3.91. The molecule has 0 aliphatic heterocycles. The van der Waals surface area contributed by atoms with E-state index < -0.39 is 0 Å². The first-order valence-electron chi connectivity index (χ1n) is 5.20. The van der Waals surface area contributed by atoms with Gasteiger partial charge in [0, 0.05) is 29.8 Å². The molecule has 15 heavy (non-hydrogen) atoms. The molecule has 2 heterocycles. The number of hydrogen-bond donors (Lipinski definition) is 1. The lowest BCUT2D eigenvalue weighted by Crippen LogP contribution is -1.93. The Morgan fingerprint density at radius 1 is 1.27 bits per heavy atom. The highest BCUT2D eigenvalue weighted by Crippen LogP contribution is 2.15. The summed E-state index contributed by atoms with van der Waals surface area (Å²) in [4.78, 5) is 11.7. The zero-order valence-corrected chi connectivity index (χ0v) is 9.07. The highest BCUT2D eigenvalue weighted by atomic mass is 14.9. The van der Waals surface area contributed by atoms with Crippen LogP contribution < -0.4 is 0 Å². The molecule has 0 spiro atoms. The number of imidazole rings is 1. The van der Waals surface area contributed by atoms with E-state index in [1.807, 2.05) is 18.3 Å². The molecule has 2 aromatic heterocycles. The van der Waals surface area contributed by atoms with Crippen LogP contribution in [0.3, 0.4) is 0 Å². The molecule has 78 valence electrons. The summed E-state index contributed by atoms with van der Waals surface area (Å²) in [5, 5.41) is 0. The Kier molecular flexibility index (Phi) is 2.81. The largest absolute Gasteiger partial charge is 0.342 e. The van der Waals surface area contributed by atoms with Crippen molar-refractivity contribution in [1.82, 2.24) is 15.0 Å². The van der Waals surface area contributed by atoms with Crippen molar-refractivity contribution in [3.63, 3.8) is 0 Å². The highest BCUT2D eigenvalue weighted by molar-refractivity contribution is 5.53. The zero-order valence-electron chi connectivity index (χ0n) is 9.07. The van der Waals surface area contributed by atoms with Gasteiger partial charge in [-0.1, -0.05) is 13.8 Å². The molecule has 0 unspecified atom stereocenters. The van der Waals surface area contributed by atoms with Crippen molar-refractivity contribution in [3.8, 4) is 11.4 Å². The Labute approximate surface area is 89.6 Å². The summed E-state index contributed by atoms with van der Waals surface area (Å²) in [6.07, 6.45) is 6.51. The molecular weight excluding hydrogens is 186 g/mol. The summed E-state index contributed by atoms with van der Waals surface area (Å²) in [5.74, 6) is 1.57. The second-order valence-electron chi connectivity index (χ2n) is 4.09. The SMILES string of the molecule is CC(C)Cc1cnc(-c2ccncc2)[nH]1. The molecule has 0 bridgehead atoms. The first kappa shape index (κ1) is 9.90. The molecule has 2 rings (SSSR count). The van der Waals surface area contributed by atoms with Crippen LogP contribution in [0.15, 0.2) is 30.7 Å². The number of hydrogen-bond acceptors (Lipinski definition) is 2. The Morgan fingerprint density at radius 2 is 2.00 bits per heavy atom. The molecule has 0 saturated heterocycles. The molecule has 2 aromatic rings. The molecule has 0 amide bonds. The fourth-order valence-corrected chi connectivity index (χ4v) is 1.56. The van der Waals surface area contributed by atoms with Crippen molar-refractivity contribution >= 4 is 0 Å². The molecule has 0 aromatic carbocycles. The Balaban J connectivity index is 2.21. The Bertz CT molecular complexity index is 417. The van der Waals surface area contributed by atoms with Crippen LogP contribution in [-0.4, -0.2) is 15.0 Å². The third-order valence-electron chi connectivity index (χ3n) is 2.21. The van der Waals surface area contributed by atoms with E-state index in [9.17, 15) is 0 Å². The van der Waals surface area contributed by atoms with Gasteiger partial charge in [0.2, 0.25) is 0 Å². The lowest BCUT2D eigenvalue weighted by atomic mass is 10.1. The summed E-state index contributed by atoms with van der Waals surface area (Å²) in [5.41, 5.74) is 2.27. The van der Waals surface area contributed by atoms with Crippen LogP contribution in [0.25, 0.3) is 11.4 Å². The monoisotopic (exact) mass is 201 g/mol. The fraction of sp³-hybridized carbons (Fsp3) is 0.333. The van der Waals surface area contributed by atoms with E-state index in [4.69, 9.17) is 0 Å². The number of aromatic amines is 1. The molecule has 3 nitrogen and oxygen atoms in total. The van der Waals surface area contributed by atoms with Gasteiger partial charge < -0.3 is 4.98 Å². The van der Waals surface area contributed by atoms with Crippen LogP contribution in [0.2, 0.25) is 0 Å². The van der Waals surface area contributed by atoms with Crippen molar-refractivity contribution in [2.24, 2.45) is 5.92 Å². The Morgan fingerprint density at radius 3 is 2.67 bits per heavy atom. The lowest BCUT2D eigenvalue weighted by Gasteiger charge is -2.00. The number of nitrogens with one attached hydrogen (secondary N) is 1. The van der Waals surface area contributed by atoms with Crippen LogP contribution >= 0.6 is 0 Å². The van der Waals surface area contributed by atoms with Crippen molar-refractivity contribution < 1.29 is 0 Å². The maximum absolute atomic E-state index is 4.36. The van der Waals surface area contributed by atoms with E-state index in [1.54, 1.807) is 12.4 Å². The molecule has 0 fully saturated rings. The average Bonchev–Trinajstić information content (AvgIpc) is 2.67. The van der Waals surface area contributed by atoms with Crippen molar-refractivity contribution in [3.05, 3.63) is 36.4 Å². The van der Waals surface area contributed by atoms with E-state index in [-0.39, 0.29) is 0 Å². The fourth-order valence-electron chi connectivity index (χ4n) is 1.56. The van der Waals surface area contributed by atoms with Gasteiger partial charge in [-0.15, -0.1) is 0 Å². The Hall–Kier alpha value is -1.64. The maximum Gasteiger partial charge on any atom is 0.137 e. The van der Waals surface area contributed by atoms with Gasteiger partial charge in [-0.25, -0.2) is 4.98 Å². The third kappa shape index (κ3) is 2.43. The minimum Gasteiger partial charge on any atom is -0.342 e. The van der Waals surface area contributed by atoms with Crippen LogP contribution in [0.5, 0.6) is 0 Å². The highest BCUT2D eigenvalue weighted by Gasteiger charge is 2.04. The minimum atomic E-state index is 0.649. The van der Waals surface area contributed by atoms with Crippen molar-refractivity contribution in [2.75, 3.05) is 0 Å². The van der Waals surface area contributed by atoms with E-state index >= 15 is 0 Å². The first-order chi connectivity index (χ1) is 7.25. The molecular formula is C12H15N3. The van der Waals surface area contributed by atoms with E-state index in [0.717, 1.165) is 17.8 Å². The second-order valence-corrected chi connectivity index (χ2v) is 4.09. The molecule has 0 aliphatic carbocycles.